The molecule has 2 amide bonds. The molecular weight excluding hydrogens is 254 g/mol. The van der Waals surface area contributed by atoms with Gasteiger partial charge in [-0.05, 0) is 37.0 Å². The van der Waals surface area contributed by atoms with Crippen LogP contribution in [0.25, 0.3) is 0 Å². The second kappa shape index (κ2) is 7.05. The van der Waals surface area contributed by atoms with Gasteiger partial charge in [0.2, 0.25) is 11.8 Å². The molecule has 0 unspecified atom stereocenters. The highest BCUT2D eigenvalue weighted by Gasteiger charge is 2.17. The molecule has 0 aliphatic rings. The monoisotopic (exact) mass is 277 g/mol. The smallest absolute Gasteiger partial charge is 0.243 e. The summed E-state index contributed by atoms with van der Waals surface area (Å²) in [5, 5.41) is 5.32. The van der Waals surface area contributed by atoms with Gasteiger partial charge in [-0.2, -0.15) is 0 Å². The number of rotatable bonds is 5. The van der Waals surface area contributed by atoms with Crippen LogP contribution in [0.2, 0.25) is 0 Å². The van der Waals surface area contributed by atoms with Gasteiger partial charge in [0.05, 0.1) is 12.6 Å². The van der Waals surface area contributed by atoms with Gasteiger partial charge in [-0.1, -0.05) is 26.0 Å². The van der Waals surface area contributed by atoms with Crippen LogP contribution in [0.1, 0.15) is 25.0 Å². The lowest BCUT2D eigenvalue weighted by molar-refractivity contribution is -0.125. The van der Waals surface area contributed by atoms with E-state index in [4.69, 9.17) is 5.73 Å². The van der Waals surface area contributed by atoms with E-state index in [1.54, 1.807) is 0 Å². The number of nitrogens with two attached hydrogens (primary N) is 1. The Labute approximate surface area is 119 Å². The molecule has 1 atom stereocenters. The molecule has 0 bridgehead atoms. The molecule has 1 rings (SSSR count). The number of carbonyl (C=O) groups excluding carboxylic acids is 2. The van der Waals surface area contributed by atoms with Crippen LogP contribution in [-0.2, 0) is 9.59 Å². The summed E-state index contributed by atoms with van der Waals surface area (Å²) in [7, 11) is 0. The molecule has 0 radical (unpaired) electrons. The minimum absolute atomic E-state index is 0.0390. The highest BCUT2D eigenvalue weighted by atomic mass is 16.2. The number of hydrogen-bond donors (Lipinski definition) is 3. The van der Waals surface area contributed by atoms with Gasteiger partial charge in [0.15, 0.2) is 0 Å². The largest absolute Gasteiger partial charge is 0.346 e. The Morgan fingerprint density at radius 1 is 1.25 bits per heavy atom. The van der Waals surface area contributed by atoms with Gasteiger partial charge < -0.3 is 16.4 Å². The number of anilines is 1. The van der Waals surface area contributed by atoms with E-state index in [-0.39, 0.29) is 24.3 Å². The number of hydrogen-bond acceptors (Lipinski definition) is 3. The number of amides is 2. The third-order valence-corrected chi connectivity index (χ3v) is 3.32. The molecule has 5 nitrogen and oxygen atoms in total. The molecule has 0 aliphatic heterocycles. The summed E-state index contributed by atoms with van der Waals surface area (Å²) in [4.78, 5) is 23.5. The van der Waals surface area contributed by atoms with Crippen LogP contribution < -0.4 is 16.4 Å². The van der Waals surface area contributed by atoms with Crippen molar-refractivity contribution in [2.75, 3.05) is 11.9 Å². The summed E-state index contributed by atoms with van der Waals surface area (Å²) in [6.07, 6.45) is 0. The standard InChI is InChI=1S/C15H23N3O2/c1-9(2)14(16)15(20)17-8-13(19)18-12-7-5-6-10(3)11(12)4/h5-7,9,14H,8,16H2,1-4H3,(H,17,20)(H,18,19)/t14-/m0/s1. The van der Waals surface area contributed by atoms with Gasteiger partial charge in [0.25, 0.3) is 0 Å². The molecule has 0 fully saturated rings. The number of benzene rings is 1. The Bertz CT molecular complexity index is 498. The summed E-state index contributed by atoms with van der Waals surface area (Å²) in [6.45, 7) is 7.57. The van der Waals surface area contributed by atoms with Gasteiger partial charge in [-0.25, -0.2) is 0 Å². The first-order valence-electron chi connectivity index (χ1n) is 6.72. The van der Waals surface area contributed by atoms with Crippen molar-refractivity contribution in [2.45, 2.75) is 33.7 Å². The first-order valence-corrected chi connectivity index (χ1v) is 6.72. The summed E-state index contributed by atoms with van der Waals surface area (Å²) < 4.78 is 0. The van der Waals surface area contributed by atoms with Crippen molar-refractivity contribution in [3.8, 4) is 0 Å². The maximum absolute atomic E-state index is 11.8. The van der Waals surface area contributed by atoms with Crippen molar-refractivity contribution in [3.63, 3.8) is 0 Å². The number of nitrogens with one attached hydrogen (secondary N) is 2. The van der Waals surface area contributed by atoms with Crippen LogP contribution in [0.15, 0.2) is 18.2 Å². The van der Waals surface area contributed by atoms with Crippen LogP contribution in [0.5, 0.6) is 0 Å². The van der Waals surface area contributed by atoms with Crippen LogP contribution >= 0.6 is 0 Å². The van der Waals surface area contributed by atoms with Crippen molar-refractivity contribution in [1.82, 2.24) is 5.32 Å². The van der Waals surface area contributed by atoms with Crippen molar-refractivity contribution >= 4 is 17.5 Å². The Kier molecular flexibility index (Phi) is 5.70. The first kappa shape index (κ1) is 16.2. The van der Waals surface area contributed by atoms with Crippen LogP contribution in [0.3, 0.4) is 0 Å². The van der Waals surface area contributed by atoms with E-state index in [1.807, 2.05) is 45.9 Å². The Balaban J connectivity index is 2.53. The van der Waals surface area contributed by atoms with E-state index >= 15 is 0 Å². The van der Waals surface area contributed by atoms with Crippen molar-refractivity contribution < 1.29 is 9.59 Å². The van der Waals surface area contributed by atoms with E-state index < -0.39 is 6.04 Å². The maximum atomic E-state index is 11.8. The fourth-order valence-electron chi connectivity index (χ4n) is 1.67. The molecule has 4 N–H and O–H groups in total. The lowest BCUT2D eigenvalue weighted by Gasteiger charge is -2.15. The molecule has 1 aromatic carbocycles. The first-order chi connectivity index (χ1) is 9.32. The highest BCUT2D eigenvalue weighted by Crippen LogP contribution is 2.17. The molecule has 110 valence electrons. The molecular formula is C15H23N3O2. The van der Waals surface area contributed by atoms with Gasteiger partial charge in [0, 0.05) is 5.69 Å². The SMILES string of the molecule is Cc1cccc(NC(=O)CNC(=O)[C@@H](N)C(C)C)c1C. The van der Waals surface area contributed by atoms with Gasteiger partial charge in [-0.3, -0.25) is 9.59 Å². The van der Waals surface area contributed by atoms with Crippen molar-refractivity contribution in [1.29, 1.82) is 0 Å². The van der Waals surface area contributed by atoms with E-state index in [0.717, 1.165) is 16.8 Å². The number of carbonyl (C=O) groups is 2. The Hall–Kier alpha value is -1.88. The zero-order chi connectivity index (χ0) is 15.3. The van der Waals surface area contributed by atoms with E-state index in [0.29, 0.717) is 0 Å². The lowest BCUT2D eigenvalue weighted by Crippen LogP contribution is -2.46. The maximum Gasteiger partial charge on any atom is 0.243 e. The predicted molar refractivity (Wildman–Crippen MR) is 80.4 cm³/mol. The summed E-state index contributed by atoms with van der Waals surface area (Å²) in [5.74, 6) is -0.531. The topological polar surface area (TPSA) is 84.2 Å². The highest BCUT2D eigenvalue weighted by molar-refractivity contribution is 5.95. The zero-order valence-corrected chi connectivity index (χ0v) is 12.5. The summed E-state index contributed by atoms with van der Waals surface area (Å²) >= 11 is 0. The quantitative estimate of drug-likeness (QED) is 0.759. The molecule has 0 aliphatic carbocycles. The van der Waals surface area contributed by atoms with Crippen LogP contribution in [0, 0.1) is 19.8 Å². The van der Waals surface area contributed by atoms with Gasteiger partial charge in [0.1, 0.15) is 0 Å². The fourth-order valence-corrected chi connectivity index (χ4v) is 1.67. The summed E-state index contributed by atoms with van der Waals surface area (Å²) in [5.41, 5.74) is 8.59. The molecule has 1 aromatic rings. The number of aryl methyl sites for hydroxylation is 1. The predicted octanol–water partition coefficient (Wildman–Crippen LogP) is 1.34. The van der Waals surface area contributed by atoms with Crippen molar-refractivity contribution in [3.05, 3.63) is 29.3 Å². The molecule has 0 spiro atoms. The molecule has 0 heterocycles. The minimum atomic E-state index is -0.594. The van der Waals surface area contributed by atoms with Crippen molar-refractivity contribution in [2.24, 2.45) is 11.7 Å². The summed E-state index contributed by atoms with van der Waals surface area (Å²) in [6, 6.07) is 5.10. The Morgan fingerprint density at radius 3 is 2.50 bits per heavy atom. The second-order valence-electron chi connectivity index (χ2n) is 5.28. The van der Waals surface area contributed by atoms with Crippen LogP contribution in [0.4, 0.5) is 5.69 Å². The molecule has 20 heavy (non-hydrogen) atoms. The third-order valence-electron chi connectivity index (χ3n) is 3.32. The molecule has 0 aromatic heterocycles. The Morgan fingerprint density at radius 2 is 1.90 bits per heavy atom. The van der Waals surface area contributed by atoms with Gasteiger partial charge in [-0.15, -0.1) is 0 Å². The van der Waals surface area contributed by atoms with E-state index in [9.17, 15) is 9.59 Å². The fraction of sp³-hybridized carbons (Fsp3) is 0.467. The molecule has 0 saturated heterocycles. The average Bonchev–Trinajstić information content (AvgIpc) is 2.40. The minimum Gasteiger partial charge on any atom is -0.346 e. The molecule has 5 heteroatoms. The lowest BCUT2D eigenvalue weighted by atomic mass is 10.1. The zero-order valence-electron chi connectivity index (χ0n) is 12.5. The second-order valence-corrected chi connectivity index (χ2v) is 5.28. The van der Waals surface area contributed by atoms with Gasteiger partial charge >= 0.3 is 0 Å². The van der Waals surface area contributed by atoms with E-state index in [1.165, 1.54) is 0 Å². The normalized spacial score (nSPS) is 12.1. The average molecular weight is 277 g/mol. The molecule has 0 saturated carbocycles. The van der Waals surface area contributed by atoms with E-state index in [2.05, 4.69) is 10.6 Å². The third kappa shape index (κ3) is 4.35. The van der Waals surface area contributed by atoms with Crippen LogP contribution in [-0.4, -0.2) is 24.4 Å².